The number of hydrogen-bond acceptors (Lipinski definition) is 5. The molecule has 168 valence electrons. The van der Waals surface area contributed by atoms with E-state index in [9.17, 15) is 10.1 Å². The topological polar surface area (TPSA) is 65.8 Å². The van der Waals surface area contributed by atoms with Crippen molar-refractivity contribution in [2.45, 2.75) is 20.5 Å². The van der Waals surface area contributed by atoms with Gasteiger partial charge < -0.3 is 19.3 Å². The molecule has 2 aromatic rings. The number of carbonyl (C=O) groups is 1. The van der Waals surface area contributed by atoms with E-state index in [4.69, 9.17) is 9.47 Å². The first-order valence-electron chi connectivity index (χ1n) is 10.8. The van der Waals surface area contributed by atoms with Crippen LogP contribution >= 0.6 is 22.6 Å². The van der Waals surface area contributed by atoms with Gasteiger partial charge in [0.15, 0.2) is 0 Å². The molecule has 0 radical (unpaired) electrons. The number of morpholine rings is 1. The molecule has 0 aliphatic carbocycles. The lowest BCUT2D eigenvalue weighted by molar-refractivity contribution is -0.130. The van der Waals surface area contributed by atoms with E-state index in [2.05, 4.69) is 47.4 Å². The fourth-order valence-corrected chi connectivity index (χ4v) is 3.89. The number of benzene rings is 2. The molecule has 7 heteroatoms. The Bertz CT molecular complexity index is 988. The Labute approximate surface area is 203 Å². The molecule has 0 saturated carbocycles. The number of rotatable bonds is 8. The van der Waals surface area contributed by atoms with Crippen LogP contribution in [0.5, 0.6) is 5.75 Å². The normalized spacial score (nSPS) is 14.1. The van der Waals surface area contributed by atoms with Gasteiger partial charge in [0, 0.05) is 47.1 Å². The molecule has 1 aliphatic heterocycles. The van der Waals surface area contributed by atoms with Crippen LogP contribution in [0.3, 0.4) is 0 Å². The third kappa shape index (κ3) is 6.24. The van der Waals surface area contributed by atoms with Gasteiger partial charge in [-0.3, -0.25) is 4.79 Å². The second-order valence-corrected chi connectivity index (χ2v) is 8.63. The lowest BCUT2D eigenvalue weighted by Crippen LogP contribution is -2.41. The maximum absolute atomic E-state index is 12.9. The first kappa shape index (κ1) is 24.1. The summed E-state index contributed by atoms with van der Waals surface area (Å²) in [6.07, 6.45) is 1.63. The SMILES string of the molecule is CCN(CC)c1ccc(/C=C(\C#N)C(=O)N2CCOCC2)c(OCc2ccc(I)cc2)c1. The first-order chi connectivity index (χ1) is 15.5. The molecule has 0 bridgehead atoms. The molecule has 1 aliphatic rings. The highest BCUT2D eigenvalue weighted by atomic mass is 127. The highest BCUT2D eigenvalue weighted by Crippen LogP contribution is 2.29. The number of hydrogen-bond donors (Lipinski definition) is 0. The lowest BCUT2D eigenvalue weighted by atomic mass is 10.1. The van der Waals surface area contributed by atoms with Gasteiger partial charge in [0.2, 0.25) is 0 Å². The Morgan fingerprint density at radius 2 is 1.88 bits per heavy atom. The summed E-state index contributed by atoms with van der Waals surface area (Å²) < 4.78 is 12.7. The fourth-order valence-electron chi connectivity index (χ4n) is 3.53. The summed E-state index contributed by atoms with van der Waals surface area (Å²) in [6.45, 7) is 8.35. The van der Waals surface area contributed by atoms with Crippen molar-refractivity contribution in [3.63, 3.8) is 0 Å². The van der Waals surface area contributed by atoms with E-state index in [1.54, 1.807) is 11.0 Å². The summed E-state index contributed by atoms with van der Waals surface area (Å²) in [6, 6.07) is 16.1. The highest BCUT2D eigenvalue weighted by molar-refractivity contribution is 14.1. The molecule has 0 atom stereocenters. The molecule has 3 rings (SSSR count). The van der Waals surface area contributed by atoms with E-state index in [-0.39, 0.29) is 11.5 Å². The zero-order valence-electron chi connectivity index (χ0n) is 18.5. The molecule has 0 unspecified atom stereocenters. The molecule has 1 heterocycles. The monoisotopic (exact) mass is 545 g/mol. The Morgan fingerprint density at radius 1 is 1.19 bits per heavy atom. The molecule has 1 saturated heterocycles. The van der Waals surface area contributed by atoms with Gasteiger partial charge in [0.05, 0.1) is 13.2 Å². The summed E-state index contributed by atoms with van der Waals surface area (Å²) in [5.41, 5.74) is 2.91. The minimum absolute atomic E-state index is 0.0987. The number of nitrogens with zero attached hydrogens (tertiary/aromatic N) is 3. The third-order valence-electron chi connectivity index (χ3n) is 5.38. The fraction of sp³-hybridized carbons (Fsp3) is 0.360. The Morgan fingerprint density at radius 3 is 2.50 bits per heavy atom. The third-order valence-corrected chi connectivity index (χ3v) is 6.10. The minimum Gasteiger partial charge on any atom is -0.488 e. The van der Waals surface area contributed by atoms with Gasteiger partial charge in [-0.15, -0.1) is 0 Å². The molecule has 6 nitrogen and oxygen atoms in total. The van der Waals surface area contributed by atoms with Gasteiger partial charge in [0.1, 0.15) is 24.0 Å². The predicted molar refractivity (Wildman–Crippen MR) is 134 cm³/mol. The largest absolute Gasteiger partial charge is 0.488 e. The van der Waals surface area contributed by atoms with Gasteiger partial charge in [-0.05, 0) is 72.3 Å². The van der Waals surface area contributed by atoms with Crippen LogP contribution in [0, 0.1) is 14.9 Å². The van der Waals surface area contributed by atoms with E-state index < -0.39 is 0 Å². The van der Waals surface area contributed by atoms with Crippen LogP contribution in [0.1, 0.15) is 25.0 Å². The first-order valence-corrected chi connectivity index (χ1v) is 11.9. The van der Waals surface area contributed by atoms with Gasteiger partial charge >= 0.3 is 0 Å². The van der Waals surface area contributed by atoms with Crippen molar-refractivity contribution in [3.8, 4) is 11.8 Å². The summed E-state index contributed by atoms with van der Waals surface area (Å²) >= 11 is 2.27. The summed E-state index contributed by atoms with van der Waals surface area (Å²) in [4.78, 5) is 16.7. The second-order valence-electron chi connectivity index (χ2n) is 7.38. The van der Waals surface area contributed by atoms with Crippen LogP contribution in [0.15, 0.2) is 48.0 Å². The number of anilines is 1. The van der Waals surface area contributed by atoms with Crippen molar-refractivity contribution in [1.82, 2.24) is 4.90 Å². The zero-order valence-corrected chi connectivity index (χ0v) is 20.7. The van der Waals surface area contributed by atoms with Crippen LogP contribution < -0.4 is 9.64 Å². The molecule has 32 heavy (non-hydrogen) atoms. The van der Waals surface area contributed by atoms with Gasteiger partial charge in [-0.25, -0.2) is 0 Å². The van der Waals surface area contributed by atoms with Crippen molar-refractivity contribution in [2.75, 3.05) is 44.3 Å². The molecule has 1 amide bonds. The smallest absolute Gasteiger partial charge is 0.264 e. The molecule has 0 N–H and O–H groups in total. The van der Waals surface area contributed by atoms with Gasteiger partial charge in [-0.1, -0.05) is 12.1 Å². The van der Waals surface area contributed by atoms with Crippen LogP contribution in [-0.2, 0) is 16.1 Å². The molecule has 0 spiro atoms. The molecule has 2 aromatic carbocycles. The van der Waals surface area contributed by atoms with E-state index >= 15 is 0 Å². The quantitative estimate of drug-likeness (QED) is 0.278. The van der Waals surface area contributed by atoms with Gasteiger partial charge in [-0.2, -0.15) is 5.26 Å². The maximum Gasteiger partial charge on any atom is 0.264 e. The Hall–Kier alpha value is -2.57. The molecular formula is C25H28IN3O3. The maximum atomic E-state index is 12.9. The van der Waals surface area contributed by atoms with E-state index in [0.717, 1.165) is 24.3 Å². The number of halogens is 1. The summed E-state index contributed by atoms with van der Waals surface area (Å²) in [7, 11) is 0. The standard InChI is InChI=1S/C25H28IN3O3/c1-3-28(4-2)23-10-7-20(15-21(17-27)25(30)29-11-13-31-14-12-29)24(16-23)32-18-19-5-8-22(26)9-6-19/h5-10,15-16H,3-4,11-14,18H2,1-2H3/b21-15+. The van der Waals surface area contributed by atoms with Crippen molar-refractivity contribution < 1.29 is 14.3 Å². The van der Waals surface area contributed by atoms with Crippen LogP contribution in [0.25, 0.3) is 6.08 Å². The molecular weight excluding hydrogens is 517 g/mol. The number of amides is 1. The average Bonchev–Trinajstić information content (AvgIpc) is 2.84. The second kappa shape index (κ2) is 11.9. The summed E-state index contributed by atoms with van der Waals surface area (Å²) in [5, 5.41) is 9.69. The van der Waals surface area contributed by atoms with Crippen molar-refractivity contribution in [2.24, 2.45) is 0 Å². The van der Waals surface area contributed by atoms with Crippen LogP contribution in [0.4, 0.5) is 5.69 Å². The number of nitriles is 1. The zero-order chi connectivity index (χ0) is 22.9. The molecule has 0 aromatic heterocycles. The van der Waals surface area contributed by atoms with Crippen LogP contribution in [-0.4, -0.2) is 50.2 Å². The summed E-state index contributed by atoms with van der Waals surface area (Å²) in [5.74, 6) is 0.377. The Balaban J connectivity index is 1.91. The van der Waals surface area contributed by atoms with E-state index in [0.29, 0.717) is 44.2 Å². The van der Waals surface area contributed by atoms with Crippen molar-refractivity contribution in [1.29, 1.82) is 5.26 Å². The molecule has 1 fully saturated rings. The van der Waals surface area contributed by atoms with E-state index in [1.165, 1.54) is 3.57 Å². The lowest BCUT2D eigenvalue weighted by Gasteiger charge is -2.26. The van der Waals surface area contributed by atoms with Crippen LogP contribution in [0.2, 0.25) is 0 Å². The number of ether oxygens (including phenoxy) is 2. The predicted octanol–water partition coefficient (Wildman–Crippen LogP) is 4.48. The van der Waals surface area contributed by atoms with Crippen molar-refractivity contribution >= 4 is 40.3 Å². The average molecular weight is 545 g/mol. The van der Waals surface area contributed by atoms with Gasteiger partial charge in [0.25, 0.3) is 5.91 Å². The minimum atomic E-state index is -0.271. The number of carbonyl (C=O) groups excluding carboxylic acids is 1. The highest BCUT2D eigenvalue weighted by Gasteiger charge is 2.21. The van der Waals surface area contributed by atoms with E-state index in [1.807, 2.05) is 42.5 Å². The van der Waals surface area contributed by atoms with Crippen molar-refractivity contribution in [3.05, 3.63) is 62.7 Å². The Kier molecular flexibility index (Phi) is 8.94.